The van der Waals surface area contributed by atoms with Crippen molar-refractivity contribution in [3.8, 4) is 5.75 Å². The predicted octanol–water partition coefficient (Wildman–Crippen LogP) is 1.42. The molecule has 0 radical (unpaired) electrons. The fraction of sp³-hybridized carbons (Fsp3) is 0.417. The number of thioether (sulfide) groups is 1. The van der Waals surface area contributed by atoms with Crippen LogP contribution in [-0.4, -0.2) is 42.7 Å². The van der Waals surface area contributed by atoms with E-state index in [1.165, 1.54) is 23.9 Å². The molecule has 8 heteroatoms. The second kappa shape index (κ2) is 8.31. The molecule has 4 N–H and O–H groups in total. The number of rotatable bonds is 6. The SMILES string of the molecule is CN/N=C(\SC)c1cc(F)c(OCC(N)CO)cc1Cl. The van der Waals surface area contributed by atoms with Gasteiger partial charge in [0, 0.05) is 18.7 Å². The number of hydrazone groups is 1. The first-order valence-corrected chi connectivity index (χ1v) is 7.40. The molecule has 0 aliphatic carbocycles. The Morgan fingerprint density at radius 1 is 1.65 bits per heavy atom. The van der Waals surface area contributed by atoms with E-state index in [2.05, 4.69) is 10.5 Å². The molecule has 1 rings (SSSR count). The molecule has 0 amide bonds. The highest BCUT2D eigenvalue weighted by atomic mass is 35.5. The number of nitrogens with two attached hydrogens (primary N) is 1. The van der Waals surface area contributed by atoms with Crippen LogP contribution in [0.2, 0.25) is 5.02 Å². The summed E-state index contributed by atoms with van der Waals surface area (Å²) in [4.78, 5) is 0. The number of nitrogens with one attached hydrogen (secondary N) is 1. The molecule has 0 aliphatic heterocycles. The summed E-state index contributed by atoms with van der Waals surface area (Å²) in [6.45, 7) is -0.234. The van der Waals surface area contributed by atoms with Crippen LogP contribution < -0.4 is 15.9 Å². The van der Waals surface area contributed by atoms with Gasteiger partial charge in [0.15, 0.2) is 11.6 Å². The van der Waals surface area contributed by atoms with E-state index in [4.69, 9.17) is 27.2 Å². The second-order valence-corrected chi connectivity index (χ2v) is 5.06. The molecule has 1 atom stereocenters. The van der Waals surface area contributed by atoms with Crippen LogP contribution in [0.4, 0.5) is 4.39 Å². The van der Waals surface area contributed by atoms with Crippen LogP contribution in [0, 0.1) is 5.82 Å². The van der Waals surface area contributed by atoms with E-state index in [9.17, 15) is 4.39 Å². The molecule has 0 saturated carbocycles. The molecule has 112 valence electrons. The summed E-state index contributed by atoms with van der Waals surface area (Å²) < 4.78 is 19.1. The summed E-state index contributed by atoms with van der Waals surface area (Å²) in [6.07, 6.45) is 1.81. The molecule has 0 spiro atoms. The molecule has 0 bridgehead atoms. The summed E-state index contributed by atoms with van der Waals surface area (Å²) in [7, 11) is 1.65. The van der Waals surface area contributed by atoms with Gasteiger partial charge in [-0.3, -0.25) is 0 Å². The minimum atomic E-state index is -0.569. The number of aliphatic hydroxyl groups excluding tert-OH is 1. The first-order chi connectivity index (χ1) is 9.53. The second-order valence-electron chi connectivity index (χ2n) is 3.86. The van der Waals surface area contributed by atoms with Gasteiger partial charge in [-0.05, 0) is 12.3 Å². The molecule has 0 aromatic heterocycles. The van der Waals surface area contributed by atoms with Gasteiger partial charge in [-0.25, -0.2) is 4.39 Å². The van der Waals surface area contributed by atoms with E-state index < -0.39 is 11.9 Å². The van der Waals surface area contributed by atoms with Crippen molar-refractivity contribution in [1.29, 1.82) is 0 Å². The minimum Gasteiger partial charge on any atom is -0.489 e. The topological polar surface area (TPSA) is 79.9 Å². The van der Waals surface area contributed by atoms with Gasteiger partial charge >= 0.3 is 0 Å². The third kappa shape index (κ3) is 4.52. The molecule has 1 unspecified atom stereocenters. The Hall–Kier alpha value is -1.02. The molecule has 1 aromatic carbocycles. The van der Waals surface area contributed by atoms with Gasteiger partial charge in [-0.2, -0.15) is 5.10 Å². The van der Waals surface area contributed by atoms with Crippen LogP contribution in [0.5, 0.6) is 5.75 Å². The van der Waals surface area contributed by atoms with Crippen LogP contribution >= 0.6 is 23.4 Å². The van der Waals surface area contributed by atoms with E-state index in [0.29, 0.717) is 15.6 Å². The van der Waals surface area contributed by atoms with Crippen LogP contribution in [-0.2, 0) is 0 Å². The Morgan fingerprint density at radius 3 is 2.90 bits per heavy atom. The van der Waals surface area contributed by atoms with Gasteiger partial charge in [0.05, 0.1) is 17.7 Å². The number of ether oxygens (including phenoxy) is 1. The number of halogens is 2. The van der Waals surface area contributed by atoms with Gasteiger partial charge in [0.25, 0.3) is 0 Å². The Labute approximate surface area is 126 Å². The molecule has 0 aliphatic rings. The summed E-state index contributed by atoms with van der Waals surface area (Å²) >= 11 is 7.45. The fourth-order valence-electron chi connectivity index (χ4n) is 1.37. The van der Waals surface area contributed by atoms with Crippen LogP contribution in [0.3, 0.4) is 0 Å². The maximum Gasteiger partial charge on any atom is 0.165 e. The lowest BCUT2D eigenvalue weighted by Gasteiger charge is -2.13. The van der Waals surface area contributed by atoms with Crippen LogP contribution in [0.1, 0.15) is 5.56 Å². The molecule has 20 heavy (non-hydrogen) atoms. The van der Waals surface area contributed by atoms with E-state index in [-0.39, 0.29) is 19.0 Å². The van der Waals surface area contributed by atoms with Gasteiger partial charge in [0.1, 0.15) is 11.7 Å². The first kappa shape index (κ1) is 17.0. The lowest BCUT2D eigenvalue weighted by atomic mass is 10.2. The average molecular weight is 322 g/mol. The van der Waals surface area contributed by atoms with Gasteiger partial charge < -0.3 is 21.0 Å². The zero-order valence-electron chi connectivity index (χ0n) is 11.2. The number of hydrogen-bond acceptors (Lipinski definition) is 6. The average Bonchev–Trinajstić information content (AvgIpc) is 2.45. The Bertz CT molecular complexity index is 488. The van der Waals surface area contributed by atoms with E-state index in [1.807, 2.05) is 6.26 Å². The minimum absolute atomic E-state index is 0.00306. The number of nitrogens with zero attached hydrogens (tertiary/aromatic N) is 1. The zero-order valence-corrected chi connectivity index (χ0v) is 12.8. The highest BCUT2D eigenvalue weighted by molar-refractivity contribution is 8.13. The van der Waals surface area contributed by atoms with E-state index in [1.54, 1.807) is 7.05 Å². The highest BCUT2D eigenvalue weighted by Gasteiger charge is 2.14. The van der Waals surface area contributed by atoms with Crippen molar-refractivity contribution in [3.05, 3.63) is 28.5 Å². The van der Waals surface area contributed by atoms with Crippen molar-refractivity contribution in [3.63, 3.8) is 0 Å². The van der Waals surface area contributed by atoms with Gasteiger partial charge in [-0.15, -0.1) is 11.8 Å². The predicted molar refractivity (Wildman–Crippen MR) is 81.1 cm³/mol. The highest BCUT2D eigenvalue weighted by Crippen LogP contribution is 2.28. The maximum absolute atomic E-state index is 13.9. The molecule has 1 aromatic rings. The third-order valence-corrected chi connectivity index (χ3v) is 3.36. The lowest BCUT2D eigenvalue weighted by molar-refractivity contribution is 0.202. The van der Waals surface area contributed by atoms with E-state index >= 15 is 0 Å². The van der Waals surface area contributed by atoms with Gasteiger partial charge in [-0.1, -0.05) is 11.6 Å². The monoisotopic (exact) mass is 321 g/mol. The molecule has 0 saturated heterocycles. The van der Waals surface area contributed by atoms with Crippen molar-refractivity contribution < 1.29 is 14.2 Å². The maximum atomic E-state index is 13.9. The third-order valence-electron chi connectivity index (χ3n) is 2.35. The van der Waals surface area contributed by atoms with Gasteiger partial charge in [0.2, 0.25) is 0 Å². The summed E-state index contributed by atoms with van der Waals surface area (Å²) in [5, 5.41) is 13.7. The number of aliphatic hydroxyl groups is 1. The van der Waals surface area contributed by atoms with Crippen molar-refractivity contribution in [2.24, 2.45) is 10.8 Å². The quantitative estimate of drug-likeness (QED) is 0.419. The summed E-state index contributed by atoms with van der Waals surface area (Å²) in [6, 6.07) is 2.06. The standard InChI is InChI=1S/C12H17ClFN3O2S/c1-16-17-12(20-2)8-3-10(14)11(4-9(8)13)19-6-7(15)5-18/h3-4,7,16,18H,5-6,15H2,1-2H3/b17-12-. The lowest BCUT2D eigenvalue weighted by Crippen LogP contribution is -2.31. The molecule has 0 fully saturated rings. The fourth-order valence-corrected chi connectivity index (χ4v) is 2.24. The first-order valence-electron chi connectivity index (χ1n) is 5.80. The van der Waals surface area contributed by atoms with Crippen molar-refractivity contribution in [2.45, 2.75) is 6.04 Å². The van der Waals surface area contributed by atoms with Crippen LogP contribution in [0.15, 0.2) is 17.2 Å². The summed E-state index contributed by atoms with van der Waals surface area (Å²) in [5.74, 6) is -0.569. The zero-order chi connectivity index (χ0) is 15.1. The molecular formula is C12H17ClFN3O2S. The van der Waals surface area contributed by atoms with E-state index in [0.717, 1.165) is 0 Å². The molecule has 0 heterocycles. The van der Waals surface area contributed by atoms with Crippen molar-refractivity contribution in [1.82, 2.24) is 5.43 Å². The number of benzene rings is 1. The summed E-state index contributed by atoms with van der Waals surface area (Å²) in [5.41, 5.74) is 8.60. The largest absolute Gasteiger partial charge is 0.489 e. The number of hydrogen-bond donors (Lipinski definition) is 3. The Kier molecular flexibility index (Phi) is 7.08. The Balaban J connectivity index is 2.99. The van der Waals surface area contributed by atoms with Crippen LogP contribution in [0.25, 0.3) is 0 Å². The normalized spacial score (nSPS) is 13.2. The van der Waals surface area contributed by atoms with Crippen molar-refractivity contribution >= 4 is 28.4 Å². The smallest absolute Gasteiger partial charge is 0.165 e. The molecule has 5 nitrogen and oxygen atoms in total. The Morgan fingerprint density at radius 2 is 2.35 bits per heavy atom. The molecular weight excluding hydrogens is 305 g/mol. The van der Waals surface area contributed by atoms with Crippen molar-refractivity contribution in [2.75, 3.05) is 26.5 Å².